The Kier molecular flexibility index (Phi) is 3.91. The number of pyridine rings is 1. The second-order valence-electron chi connectivity index (χ2n) is 5.44. The molecule has 0 aliphatic heterocycles. The van der Waals surface area contributed by atoms with Gasteiger partial charge in [-0.2, -0.15) is 0 Å². The molecule has 0 aliphatic carbocycles. The molecule has 2 aromatic heterocycles. The molecular weight excluding hydrogens is 336 g/mol. The summed E-state index contributed by atoms with van der Waals surface area (Å²) in [6.07, 6.45) is 3.28. The van der Waals surface area contributed by atoms with Gasteiger partial charge in [-0.25, -0.2) is 9.55 Å². The van der Waals surface area contributed by atoms with E-state index in [0.29, 0.717) is 27.6 Å². The number of fused-ring (bicyclic) bond motifs is 1. The zero-order chi connectivity index (χ0) is 17.2. The van der Waals surface area contributed by atoms with E-state index in [1.807, 2.05) is 36.4 Å². The highest BCUT2D eigenvalue weighted by molar-refractivity contribution is 6.31. The molecule has 25 heavy (non-hydrogen) atoms. The van der Waals surface area contributed by atoms with Crippen molar-refractivity contribution in [2.75, 3.05) is 5.32 Å². The number of aromatic nitrogens is 3. The van der Waals surface area contributed by atoms with Crippen molar-refractivity contribution >= 4 is 34.1 Å². The number of halogens is 1. The van der Waals surface area contributed by atoms with E-state index in [1.165, 1.54) is 4.57 Å². The minimum atomic E-state index is -0.209. The van der Waals surface area contributed by atoms with Gasteiger partial charge < -0.3 is 5.32 Å². The Morgan fingerprint density at radius 3 is 2.60 bits per heavy atom. The molecule has 1 N–H and O–H groups in total. The van der Waals surface area contributed by atoms with E-state index in [1.54, 1.807) is 36.7 Å². The third kappa shape index (κ3) is 2.97. The van der Waals surface area contributed by atoms with Crippen LogP contribution < -0.4 is 10.9 Å². The number of rotatable bonds is 3. The molecule has 0 spiro atoms. The van der Waals surface area contributed by atoms with Crippen LogP contribution in [0.5, 0.6) is 0 Å². The third-order valence-electron chi connectivity index (χ3n) is 3.76. The minimum absolute atomic E-state index is 0.209. The lowest BCUT2D eigenvalue weighted by Gasteiger charge is -2.14. The van der Waals surface area contributed by atoms with Crippen LogP contribution in [0.2, 0.25) is 5.02 Å². The smallest absolute Gasteiger partial charge is 0.267 e. The van der Waals surface area contributed by atoms with Gasteiger partial charge in [0.05, 0.1) is 22.8 Å². The van der Waals surface area contributed by atoms with Crippen molar-refractivity contribution in [3.8, 4) is 5.69 Å². The molecule has 0 saturated carbocycles. The maximum atomic E-state index is 13.1. The van der Waals surface area contributed by atoms with Gasteiger partial charge in [0.1, 0.15) is 0 Å². The molecule has 6 heteroatoms. The average molecular weight is 349 g/mol. The molecule has 5 nitrogen and oxygen atoms in total. The first kappa shape index (κ1) is 15.4. The maximum Gasteiger partial charge on any atom is 0.267 e. The first-order valence-electron chi connectivity index (χ1n) is 7.67. The normalized spacial score (nSPS) is 10.8. The van der Waals surface area contributed by atoms with E-state index in [4.69, 9.17) is 11.6 Å². The van der Waals surface area contributed by atoms with Crippen LogP contribution in [0.1, 0.15) is 0 Å². The molecule has 4 aromatic rings. The summed E-state index contributed by atoms with van der Waals surface area (Å²) in [6, 6.07) is 18.2. The summed E-state index contributed by atoms with van der Waals surface area (Å²) >= 11 is 6.05. The molecule has 0 unspecified atom stereocenters. The summed E-state index contributed by atoms with van der Waals surface area (Å²) in [5.41, 5.74) is 1.83. The molecule has 0 aliphatic rings. The summed E-state index contributed by atoms with van der Waals surface area (Å²) in [4.78, 5) is 21.8. The van der Waals surface area contributed by atoms with Crippen molar-refractivity contribution in [1.29, 1.82) is 0 Å². The van der Waals surface area contributed by atoms with Crippen LogP contribution in [-0.2, 0) is 0 Å². The highest BCUT2D eigenvalue weighted by Gasteiger charge is 2.13. The number of hydrogen-bond acceptors (Lipinski definition) is 4. The Labute approximate surface area is 148 Å². The van der Waals surface area contributed by atoms with Crippen molar-refractivity contribution in [2.45, 2.75) is 0 Å². The minimum Gasteiger partial charge on any atom is -0.325 e. The van der Waals surface area contributed by atoms with Gasteiger partial charge in [0.2, 0.25) is 5.95 Å². The van der Waals surface area contributed by atoms with Crippen LogP contribution in [0.25, 0.3) is 16.6 Å². The Morgan fingerprint density at radius 1 is 1.00 bits per heavy atom. The highest BCUT2D eigenvalue weighted by atomic mass is 35.5. The van der Waals surface area contributed by atoms with E-state index in [2.05, 4.69) is 15.3 Å². The largest absolute Gasteiger partial charge is 0.325 e. The summed E-state index contributed by atoms with van der Waals surface area (Å²) in [6.45, 7) is 0. The highest BCUT2D eigenvalue weighted by Crippen LogP contribution is 2.21. The van der Waals surface area contributed by atoms with Gasteiger partial charge >= 0.3 is 0 Å². The van der Waals surface area contributed by atoms with Gasteiger partial charge in [0.15, 0.2) is 0 Å². The molecule has 0 amide bonds. The fourth-order valence-corrected chi connectivity index (χ4v) is 2.79. The van der Waals surface area contributed by atoms with Gasteiger partial charge in [-0.1, -0.05) is 29.8 Å². The molecule has 0 fully saturated rings. The first-order valence-corrected chi connectivity index (χ1v) is 8.05. The lowest BCUT2D eigenvalue weighted by Crippen LogP contribution is -2.22. The van der Waals surface area contributed by atoms with Crippen molar-refractivity contribution in [3.63, 3.8) is 0 Å². The van der Waals surface area contributed by atoms with Crippen LogP contribution in [0.15, 0.2) is 77.9 Å². The summed E-state index contributed by atoms with van der Waals surface area (Å²) in [7, 11) is 0. The van der Waals surface area contributed by atoms with E-state index in [0.717, 1.165) is 5.69 Å². The van der Waals surface area contributed by atoms with Crippen LogP contribution in [0.3, 0.4) is 0 Å². The van der Waals surface area contributed by atoms with Crippen molar-refractivity contribution in [2.24, 2.45) is 0 Å². The Hall–Kier alpha value is -3.18. The third-order valence-corrected chi connectivity index (χ3v) is 4.00. The van der Waals surface area contributed by atoms with Crippen molar-refractivity contribution in [3.05, 3.63) is 88.4 Å². The Balaban J connectivity index is 1.99. The summed E-state index contributed by atoms with van der Waals surface area (Å²) in [5.74, 6) is 0.416. The molecule has 2 heterocycles. The molecule has 122 valence electrons. The molecule has 4 rings (SSSR count). The maximum absolute atomic E-state index is 13.1. The SMILES string of the molecule is O=c1c2cc(Cl)ccc2nc(Nc2ccccc2)n1-c1cccnc1. The van der Waals surface area contributed by atoms with Crippen LogP contribution in [0.4, 0.5) is 11.6 Å². The first-order chi connectivity index (χ1) is 12.2. The molecule has 0 radical (unpaired) electrons. The Morgan fingerprint density at radius 2 is 1.84 bits per heavy atom. The summed E-state index contributed by atoms with van der Waals surface area (Å²) < 4.78 is 1.50. The molecule has 2 aromatic carbocycles. The number of nitrogens with zero attached hydrogens (tertiary/aromatic N) is 3. The zero-order valence-electron chi connectivity index (χ0n) is 13.1. The predicted octanol–water partition coefficient (Wildman–Crippen LogP) is 4.18. The lowest BCUT2D eigenvalue weighted by molar-refractivity contribution is 0.964. The van der Waals surface area contributed by atoms with Gasteiger partial charge in [-0.15, -0.1) is 0 Å². The van der Waals surface area contributed by atoms with Crippen LogP contribution >= 0.6 is 11.6 Å². The van der Waals surface area contributed by atoms with Gasteiger partial charge in [0.25, 0.3) is 5.56 Å². The zero-order valence-corrected chi connectivity index (χ0v) is 13.8. The quantitative estimate of drug-likeness (QED) is 0.603. The van der Waals surface area contributed by atoms with Gasteiger partial charge in [-0.05, 0) is 42.5 Å². The second kappa shape index (κ2) is 6.37. The topological polar surface area (TPSA) is 59.8 Å². The predicted molar refractivity (Wildman–Crippen MR) is 99.9 cm³/mol. The van der Waals surface area contributed by atoms with E-state index in [9.17, 15) is 4.79 Å². The molecule has 0 atom stereocenters. The average Bonchev–Trinajstić information content (AvgIpc) is 2.64. The molecule has 0 bridgehead atoms. The monoisotopic (exact) mass is 348 g/mol. The number of hydrogen-bond donors (Lipinski definition) is 1. The van der Waals surface area contributed by atoms with E-state index in [-0.39, 0.29) is 5.56 Å². The number of para-hydroxylation sites is 1. The van der Waals surface area contributed by atoms with Gasteiger partial charge in [0, 0.05) is 16.9 Å². The van der Waals surface area contributed by atoms with Gasteiger partial charge in [-0.3, -0.25) is 9.78 Å². The summed E-state index contributed by atoms with van der Waals surface area (Å²) in [5, 5.41) is 4.16. The fourth-order valence-electron chi connectivity index (χ4n) is 2.62. The van der Waals surface area contributed by atoms with Crippen molar-refractivity contribution in [1.82, 2.24) is 14.5 Å². The lowest BCUT2D eigenvalue weighted by atomic mass is 10.2. The van der Waals surface area contributed by atoms with E-state index >= 15 is 0 Å². The number of nitrogens with one attached hydrogen (secondary N) is 1. The van der Waals surface area contributed by atoms with Crippen molar-refractivity contribution < 1.29 is 0 Å². The number of anilines is 2. The second-order valence-corrected chi connectivity index (χ2v) is 5.88. The standard InChI is InChI=1S/C19H13ClN4O/c20-13-8-9-17-16(11-13)18(25)24(15-7-4-10-21-12-15)19(23-17)22-14-5-2-1-3-6-14/h1-12H,(H,22,23). The molecular formula is C19H13ClN4O. The fraction of sp³-hybridized carbons (Fsp3) is 0. The molecule has 0 saturated heterocycles. The number of benzene rings is 2. The van der Waals surface area contributed by atoms with Crippen LogP contribution in [-0.4, -0.2) is 14.5 Å². The van der Waals surface area contributed by atoms with E-state index < -0.39 is 0 Å². The van der Waals surface area contributed by atoms with Crippen LogP contribution in [0, 0.1) is 0 Å². The Bertz CT molecular complexity index is 1090.